The van der Waals surface area contributed by atoms with Crippen LogP contribution in [0.25, 0.3) is 0 Å². The molecule has 10 heteroatoms. The predicted octanol–water partition coefficient (Wildman–Crippen LogP) is 1.96. The van der Waals surface area contributed by atoms with Gasteiger partial charge in [0, 0.05) is 19.5 Å². The zero-order valence-corrected chi connectivity index (χ0v) is 23.6. The van der Waals surface area contributed by atoms with Gasteiger partial charge < -0.3 is 29.7 Å². The van der Waals surface area contributed by atoms with E-state index in [4.69, 9.17) is 9.47 Å². The number of aliphatic hydroxyl groups excluding tert-OH is 1. The zero-order valence-electron chi connectivity index (χ0n) is 23.6. The molecule has 10 nitrogen and oxygen atoms in total. The van der Waals surface area contributed by atoms with E-state index in [1.165, 1.54) is 4.90 Å². The highest BCUT2D eigenvalue weighted by Gasteiger charge is 2.75. The minimum atomic E-state index is -1.15. The molecule has 0 unspecified atom stereocenters. The van der Waals surface area contributed by atoms with Crippen LogP contribution in [0, 0.1) is 11.8 Å². The van der Waals surface area contributed by atoms with Crippen LogP contribution in [0.1, 0.15) is 65.7 Å². The Hall–Kier alpha value is -2.72. The van der Waals surface area contributed by atoms with Crippen molar-refractivity contribution in [2.45, 2.75) is 95.6 Å². The third-order valence-electron chi connectivity index (χ3n) is 8.16. The van der Waals surface area contributed by atoms with Gasteiger partial charge in [-0.05, 0) is 39.5 Å². The number of allylic oxidation sites excluding steroid dienone is 1. The maximum atomic E-state index is 14.1. The van der Waals surface area contributed by atoms with Gasteiger partial charge in [0.15, 0.2) is 0 Å². The molecule has 0 aliphatic carbocycles. The van der Waals surface area contributed by atoms with Gasteiger partial charge in [-0.1, -0.05) is 31.9 Å². The molecule has 3 heterocycles. The number of nitrogens with zero attached hydrogens (tertiary/aromatic N) is 2. The third kappa shape index (κ3) is 6.22. The first kappa shape index (κ1) is 30.8. The van der Waals surface area contributed by atoms with Crippen molar-refractivity contribution in [3.8, 4) is 0 Å². The monoisotopic (exact) mass is 547 g/mol. The fourth-order valence-electron chi connectivity index (χ4n) is 6.27. The van der Waals surface area contributed by atoms with Gasteiger partial charge in [0.25, 0.3) is 0 Å². The molecule has 3 fully saturated rings. The summed E-state index contributed by atoms with van der Waals surface area (Å²) in [5.74, 6) is -3.07. The van der Waals surface area contributed by atoms with Gasteiger partial charge in [0.1, 0.15) is 17.7 Å². The molecular formula is C29H45N3O7. The van der Waals surface area contributed by atoms with Crippen molar-refractivity contribution < 1.29 is 33.8 Å². The molecule has 0 aromatic heterocycles. The minimum Gasteiger partial charge on any atom is -0.460 e. The average Bonchev–Trinajstić information content (AvgIpc) is 3.56. The Morgan fingerprint density at radius 1 is 1.28 bits per heavy atom. The number of ether oxygens (including phenoxy) is 2. The molecule has 3 aliphatic heterocycles. The lowest BCUT2D eigenvalue weighted by molar-refractivity contribution is -0.160. The molecule has 2 N–H and O–H groups in total. The number of hydrogen-bond acceptors (Lipinski definition) is 7. The van der Waals surface area contributed by atoms with E-state index in [0.29, 0.717) is 38.8 Å². The normalized spacial score (nSPS) is 28.5. The zero-order chi connectivity index (χ0) is 28.7. The molecule has 7 atom stereocenters. The van der Waals surface area contributed by atoms with Crippen molar-refractivity contribution in [3.63, 3.8) is 0 Å². The SMILES string of the molecule is C=CCCC(=O)NC[C@H](C)OC(=O)[C@@H]1[C@@H]2CC[C@]3(O2)[C@H](C(=O)N(CC=C)CCCCC)N([C@H](C)CO)C(=O)[C@@H]13. The first-order valence-electron chi connectivity index (χ1n) is 14.2. The number of nitrogens with one attached hydrogen (secondary N) is 1. The molecule has 3 saturated heterocycles. The summed E-state index contributed by atoms with van der Waals surface area (Å²) in [6.07, 6.45) is 6.83. The second kappa shape index (κ2) is 13.6. The van der Waals surface area contributed by atoms with Crippen molar-refractivity contribution in [1.82, 2.24) is 15.1 Å². The minimum absolute atomic E-state index is 0.146. The van der Waals surface area contributed by atoms with Gasteiger partial charge in [-0.25, -0.2) is 0 Å². The van der Waals surface area contributed by atoms with Crippen LogP contribution < -0.4 is 5.32 Å². The molecule has 0 aromatic rings. The van der Waals surface area contributed by atoms with Crippen molar-refractivity contribution in [3.05, 3.63) is 25.3 Å². The van der Waals surface area contributed by atoms with Gasteiger partial charge in [0.05, 0.1) is 37.1 Å². The van der Waals surface area contributed by atoms with E-state index in [1.807, 2.05) is 0 Å². The second-order valence-electron chi connectivity index (χ2n) is 11.0. The topological polar surface area (TPSA) is 125 Å². The highest BCUT2D eigenvalue weighted by Crippen LogP contribution is 2.59. The molecule has 1 spiro atoms. The van der Waals surface area contributed by atoms with Crippen LogP contribution in [-0.2, 0) is 28.7 Å². The molecule has 2 bridgehead atoms. The number of likely N-dealkylation sites (tertiary alicyclic amines) is 1. The Morgan fingerprint density at radius 2 is 2.03 bits per heavy atom. The van der Waals surface area contributed by atoms with Crippen LogP contribution in [-0.4, -0.2) is 94.7 Å². The van der Waals surface area contributed by atoms with E-state index in [-0.39, 0.29) is 30.9 Å². The number of amides is 3. The van der Waals surface area contributed by atoms with Crippen molar-refractivity contribution in [1.29, 1.82) is 0 Å². The fourth-order valence-corrected chi connectivity index (χ4v) is 6.27. The smallest absolute Gasteiger partial charge is 0.312 e. The first-order valence-corrected chi connectivity index (χ1v) is 14.2. The largest absolute Gasteiger partial charge is 0.460 e. The molecule has 3 aliphatic rings. The number of hydrogen-bond donors (Lipinski definition) is 2. The van der Waals surface area contributed by atoms with Crippen LogP contribution in [0.3, 0.4) is 0 Å². The Kier molecular flexibility index (Phi) is 10.7. The van der Waals surface area contributed by atoms with Crippen LogP contribution in [0.5, 0.6) is 0 Å². The van der Waals surface area contributed by atoms with Crippen molar-refractivity contribution >= 4 is 23.7 Å². The summed E-state index contributed by atoms with van der Waals surface area (Å²) >= 11 is 0. The molecule has 218 valence electrons. The second-order valence-corrected chi connectivity index (χ2v) is 11.0. The van der Waals surface area contributed by atoms with E-state index < -0.39 is 47.7 Å². The van der Waals surface area contributed by atoms with E-state index in [1.54, 1.807) is 30.9 Å². The van der Waals surface area contributed by atoms with E-state index in [2.05, 4.69) is 25.4 Å². The first-order chi connectivity index (χ1) is 18.7. The predicted molar refractivity (Wildman–Crippen MR) is 145 cm³/mol. The summed E-state index contributed by atoms with van der Waals surface area (Å²) in [5, 5.41) is 12.7. The average molecular weight is 548 g/mol. The van der Waals surface area contributed by atoms with Crippen molar-refractivity contribution in [2.75, 3.05) is 26.2 Å². The van der Waals surface area contributed by atoms with E-state index >= 15 is 0 Å². The van der Waals surface area contributed by atoms with Crippen LogP contribution in [0.2, 0.25) is 0 Å². The Balaban J connectivity index is 1.83. The summed E-state index contributed by atoms with van der Waals surface area (Å²) in [4.78, 5) is 56.5. The number of fused-ring (bicyclic) bond motifs is 1. The molecule has 39 heavy (non-hydrogen) atoms. The number of esters is 1. The molecule has 0 radical (unpaired) electrons. The highest BCUT2D eigenvalue weighted by atomic mass is 16.6. The van der Waals surface area contributed by atoms with Gasteiger partial charge in [-0.2, -0.15) is 0 Å². The Labute approximate surface area is 231 Å². The lowest BCUT2D eigenvalue weighted by atomic mass is 9.70. The van der Waals surface area contributed by atoms with Crippen molar-refractivity contribution in [2.24, 2.45) is 11.8 Å². The van der Waals surface area contributed by atoms with Gasteiger partial charge in [-0.15, -0.1) is 13.2 Å². The number of unbranched alkanes of at least 4 members (excludes halogenated alkanes) is 2. The molecule has 3 amide bonds. The van der Waals surface area contributed by atoms with Crippen LogP contribution in [0.4, 0.5) is 0 Å². The Bertz CT molecular complexity index is 940. The maximum Gasteiger partial charge on any atom is 0.312 e. The Morgan fingerprint density at radius 3 is 2.67 bits per heavy atom. The number of carbonyl (C=O) groups is 4. The van der Waals surface area contributed by atoms with Gasteiger partial charge >= 0.3 is 5.97 Å². The molecule has 0 saturated carbocycles. The third-order valence-corrected chi connectivity index (χ3v) is 8.16. The summed E-state index contributed by atoms with van der Waals surface area (Å²) in [6.45, 7) is 13.5. The fraction of sp³-hybridized carbons (Fsp3) is 0.724. The summed E-state index contributed by atoms with van der Waals surface area (Å²) in [7, 11) is 0. The number of carbonyl (C=O) groups excluding carboxylic acids is 4. The standard InChI is InChI=1S/C29H45N3O7/c1-6-9-11-16-31(15-8-3)27(36)25-29-14-13-21(39-29)23(24(29)26(35)32(25)19(4)18-33)28(37)38-20(5)17-30-22(34)12-10-7-2/h7-8,19-21,23-25,33H,2-3,6,9-18H2,1,4-5H3,(H,30,34)/t19-,20+,21+,23-,24-,25+,29-/m1/s1. The summed E-state index contributed by atoms with van der Waals surface area (Å²) in [6, 6.07) is -1.57. The maximum absolute atomic E-state index is 14.1. The molecular weight excluding hydrogens is 502 g/mol. The lowest BCUT2D eigenvalue weighted by Gasteiger charge is -2.38. The van der Waals surface area contributed by atoms with E-state index in [9.17, 15) is 24.3 Å². The molecule has 3 rings (SSSR count). The quantitative estimate of drug-likeness (QED) is 0.172. The number of rotatable bonds is 16. The van der Waals surface area contributed by atoms with Gasteiger partial charge in [-0.3, -0.25) is 19.2 Å². The summed E-state index contributed by atoms with van der Waals surface area (Å²) < 4.78 is 12.1. The van der Waals surface area contributed by atoms with Gasteiger partial charge in [0.2, 0.25) is 17.7 Å². The lowest BCUT2D eigenvalue weighted by Crippen LogP contribution is -2.58. The number of aliphatic hydroxyl groups is 1. The molecule has 0 aromatic carbocycles. The summed E-state index contributed by atoms with van der Waals surface area (Å²) in [5.41, 5.74) is -1.15. The van der Waals surface area contributed by atoms with E-state index in [0.717, 1.165) is 19.3 Å². The highest BCUT2D eigenvalue weighted by molar-refractivity contribution is 5.98. The van der Waals surface area contributed by atoms with Crippen LogP contribution >= 0.6 is 0 Å². The van der Waals surface area contributed by atoms with Crippen LogP contribution in [0.15, 0.2) is 25.3 Å².